The van der Waals surface area contributed by atoms with Crippen molar-refractivity contribution in [1.29, 1.82) is 0 Å². The predicted molar refractivity (Wildman–Crippen MR) is 122 cm³/mol. The third-order valence-electron chi connectivity index (χ3n) is 4.93. The van der Waals surface area contributed by atoms with Gasteiger partial charge in [0.25, 0.3) is 10.0 Å². The summed E-state index contributed by atoms with van der Waals surface area (Å²) in [5.41, 5.74) is 2.45. The maximum Gasteiger partial charge on any atom is 0.264 e. The van der Waals surface area contributed by atoms with Gasteiger partial charge in [-0.3, -0.25) is 9.10 Å². The fourth-order valence-electron chi connectivity index (χ4n) is 3.14. The number of ether oxygens (including phenoxy) is 1. The minimum absolute atomic E-state index is 0.116. The zero-order chi connectivity index (χ0) is 22.4. The van der Waals surface area contributed by atoms with Gasteiger partial charge in [-0.1, -0.05) is 48.0 Å². The molecule has 1 N–H and O–H groups in total. The summed E-state index contributed by atoms with van der Waals surface area (Å²) in [6.07, 6.45) is 0. The van der Waals surface area contributed by atoms with Crippen LogP contribution >= 0.6 is 0 Å². The highest BCUT2D eigenvalue weighted by atomic mass is 32.2. The topological polar surface area (TPSA) is 75.7 Å². The first-order valence-corrected chi connectivity index (χ1v) is 11.3. The van der Waals surface area contributed by atoms with E-state index in [0.29, 0.717) is 11.4 Å². The molecule has 0 heterocycles. The number of methoxy groups -OCH3 is 1. The minimum Gasteiger partial charge on any atom is -0.497 e. The largest absolute Gasteiger partial charge is 0.497 e. The number of aryl methyl sites for hydroxylation is 1. The number of sulfonamides is 1. The molecule has 0 bridgehead atoms. The quantitative estimate of drug-likeness (QED) is 0.575. The van der Waals surface area contributed by atoms with E-state index in [1.807, 2.05) is 38.1 Å². The summed E-state index contributed by atoms with van der Waals surface area (Å²) in [6.45, 7) is 3.51. The Labute approximate surface area is 183 Å². The van der Waals surface area contributed by atoms with Crippen LogP contribution in [0.2, 0.25) is 0 Å². The molecule has 3 aromatic rings. The van der Waals surface area contributed by atoms with E-state index in [9.17, 15) is 13.2 Å². The van der Waals surface area contributed by atoms with Crippen LogP contribution in [0.1, 0.15) is 24.1 Å². The van der Waals surface area contributed by atoms with E-state index in [4.69, 9.17) is 4.74 Å². The molecule has 0 radical (unpaired) electrons. The van der Waals surface area contributed by atoms with Crippen molar-refractivity contribution in [3.05, 3.63) is 90.0 Å². The first-order valence-electron chi connectivity index (χ1n) is 9.89. The summed E-state index contributed by atoms with van der Waals surface area (Å²) >= 11 is 0. The van der Waals surface area contributed by atoms with Crippen molar-refractivity contribution in [3.8, 4) is 5.75 Å². The zero-order valence-corrected chi connectivity index (χ0v) is 18.6. The number of benzene rings is 3. The molecule has 0 aliphatic heterocycles. The van der Waals surface area contributed by atoms with E-state index in [-0.39, 0.29) is 17.5 Å². The smallest absolute Gasteiger partial charge is 0.264 e. The Balaban J connectivity index is 1.87. The van der Waals surface area contributed by atoms with Crippen LogP contribution in [0.5, 0.6) is 5.75 Å². The lowest BCUT2D eigenvalue weighted by molar-refractivity contribution is -0.120. The molecule has 3 aromatic carbocycles. The summed E-state index contributed by atoms with van der Waals surface area (Å²) in [4.78, 5) is 13.0. The first kappa shape index (κ1) is 22.4. The summed E-state index contributed by atoms with van der Waals surface area (Å²) in [5, 5.41) is 2.89. The molecule has 7 heteroatoms. The number of amides is 1. The van der Waals surface area contributed by atoms with Gasteiger partial charge in [-0.05, 0) is 55.8 Å². The summed E-state index contributed by atoms with van der Waals surface area (Å²) in [7, 11) is -2.41. The van der Waals surface area contributed by atoms with Gasteiger partial charge in [-0.2, -0.15) is 0 Å². The van der Waals surface area contributed by atoms with Crippen LogP contribution in [0.3, 0.4) is 0 Å². The Hall–Kier alpha value is -3.32. The van der Waals surface area contributed by atoms with E-state index in [1.54, 1.807) is 42.5 Å². The molecule has 0 saturated carbocycles. The number of nitrogens with one attached hydrogen (secondary N) is 1. The van der Waals surface area contributed by atoms with Crippen molar-refractivity contribution in [3.63, 3.8) is 0 Å². The van der Waals surface area contributed by atoms with Gasteiger partial charge in [0.1, 0.15) is 12.3 Å². The van der Waals surface area contributed by atoms with Crippen molar-refractivity contribution in [2.24, 2.45) is 0 Å². The first-order chi connectivity index (χ1) is 14.8. The number of rotatable bonds is 8. The summed E-state index contributed by atoms with van der Waals surface area (Å²) < 4.78 is 32.9. The molecular weight excluding hydrogens is 412 g/mol. The predicted octanol–water partition coefficient (Wildman–Crippen LogP) is 4.08. The molecule has 0 aliphatic carbocycles. The molecule has 31 heavy (non-hydrogen) atoms. The number of anilines is 1. The Bertz CT molecular complexity index is 1110. The second kappa shape index (κ2) is 9.66. The van der Waals surface area contributed by atoms with E-state index in [2.05, 4.69) is 5.32 Å². The number of hydrogen-bond donors (Lipinski definition) is 1. The average Bonchev–Trinajstić information content (AvgIpc) is 2.78. The third kappa shape index (κ3) is 5.44. The standard InChI is InChI=1S/C24H26N2O4S/c1-18-9-11-20(12-10-18)19(2)25-24(27)17-26(21-13-15-22(30-3)16-14-21)31(28,29)23-7-5-4-6-8-23/h4-16,19H,17H2,1-3H3,(H,25,27)/t19-/m1/s1. The normalized spacial score (nSPS) is 12.1. The van der Waals surface area contributed by atoms with Crippen LogP contribution in [0.25, 0.3) is 0 Å². The van der Waals surface area contributed by atoms with E-state index in [1.165, 1.54) is 19.2 Å². The molecule has 6 nitrogen and oxygen atoms in total. The number of carbonyl (C=O) groups excluding carboxylic acids is 1. The molecule has 0 saturated heterocycles. The van der Waals surface area contributed by atoms with Gasteiger partial charge < -0.3 is 10.1 Å². The molecule has 162 valence electrons. The van der Waals surface area contributed by atoms with Gasteiger partial charge in [0.2, 0.25) is 5.91 Å². The lowest BCUT2D eigenvalue weighted by atomic mass is 10.1. The van der Waals surface area contributed by atoms with Crippen molar-refractivity contribution in [1.82, 2.24) is 5.32 Å². The maximum absolute atomic E-state index is 13.3. The van der Waals surface area contributed by atoms with Crippen molar-refractivity contribution >= 4 is 21.6 Å². The van der Waals surface area contributed by atoms with Gasteiger partial charge >= 0.3 is 0 Å². The lowest BCUT2D eigenvalue weighted by Gasteiger charge is -2.25. The second-order valence-corrected chi connectivity index (χ2v) is 9.08. The third-order valence-corrected chi connectivity index (χ3v) is 6.72. The zero-order valence-electron chi connectivity index (χ0n) is 17.8. The molecule has 0 spiro atoms. The highest BCUT2D eigenvalue weighted by molar-refractivity contribution is 7.92. The van der Waals surface area contributed by atoms with Crippen LogP contribution in [0.4, 0.5) is 5.69 Å². The van der Waals surface area contributed by atoms with Gasteiger partial charge in [0, 0.05) is 0 Å². The molecule has 0 unspecified atom stereocenters. The maximum atomic E-state index is 13.3. The lowest BCUT2D eigenvalue weighted by Crippen LogP contribution is -2.41. The van der Waals surface area contributed by atoms with E-state index >= 15 is 0 Å². The van der Waals surface area contributed by atoms with Gasteiger partial charge in [0.15, 0.2) is 0 Å². The van der Waals surface area contributed by atoms with Gasteiger partial charge in [-0.25, -0.2) is 8.42 Å². The van der Waals surface area contributed by atoms with Crippen LogP contribution in [0.15, 0.2) is 83.8 Å². The van der Waals surface area contributed by atoms with E-state index in [0.717, 1.165) is 15.4 Å². The van der Waals surface area contributed by atoms with Gasteiger partial charge in [-0.15, -0.1) is 0 Å². The Kier molecular flexibility index (Phi) is 6.97. The van der Waals surface area contributed by atoms with Crippen LogP contribution in [-0.4, -0.2) is 28.0 Å². The number of carbonyl (C=O) groups is 1. The Morgan fingerprint density at radius 2 is 1.58 bits per heavy atom. The highest BCUT2D eigenvalue weighted by Gasteiger charge is 2.27. The van der Waals surface area contributed by atoms with Crippen LogP contribution in [0, 0.1) is 6.92 Å². The minimum atomic E-state index is -3.94. The molecule has 0 fully saturated rings. The van der Waals surface area contributed by atoms with Crippen LogP contribution < -0.4 is 14.4 Å². The highest BCUT2D eigenvalue weighted by Crippen LogP contribution is 2.26. The van der Waals surface area contributed by atoms with Crippen molar-refractivity contribution in [2.75, 3.05) is 18.0 Å². The fraction of sp³-hybridized carbons (Fsp3) is 0.208. The summed E-state index contributed by atoms with van der Waals surface area (Å²) in [5.74, 6) is 0.196. The molecule has 3 rings (SSSR count). The SMILES string of the molecule is COc1ccc(N(CC(=O)N[C@H](C)c2ccc(C)cc2)S(=O)(=O)c2ccccc2)cc1. The van der Waals surface area contributed by atoms with Crippen LogP contribution in [-0.2, 0) is 14.8 Å². The Morgan fingerprint density at radius 1 is 0.968 bits per heavy atom. The average molecular weight is 439 g/mol. The molecule has 1 atom stereocenters. The number of hydrogen-bond acceptors (Lipinski definition) is 4. The number of nitrogens with zero attached hydrogens (tertiary/aromatic N) is 1. The molecule has 0 aliphatic rings. The monoisotopic (exact) mass is 438 g/mol. The van der Waals surface area contributed by atoms with Gasteiger partial charge in [0.05, 0.1) is 23.7 Å². The van der Waals surface area contributed by atoms with Crippen molar-refractivity contribution < 1.29 is 17.9 Å². The summed E-state index contributed by atoms with van der Waals surface area (Å²) in [6, 6.07) is 22.2. The van der Waals surface area contributed by atoms with E-state index < -0.39 is 15.9 Å². The molecule has 0 aromatic heterocycles. The Morgan fingerprint density at radius 3 is 2.16 bits per heavy atom. The van der Waals surface area contributed by atoms with Crippen molar-refractivity contribution in [2.45, 2.75) is 24.8 Å². The second-order valence-electron chi connectivity index (χ2n) is 7.22. The fourth-order valence-corrected chi connectivity index (χ4v) is 4.58. The molecular formula is C24H26N2O4S. The molecule has 1 amide bonds.